The van der Waals surface area contributed by atoms with Crippen molar-refractivity contribution in [2.45, 2.75) is 33.0 Å². The normalized spacial score (nSPS) is 11.9. The van der Waals surface area contributed by atoms with Crippen molar-refractivity contribution in [3.05, 3.63) is 36.5 Å². The van der Waals surface area contributed by atoms with Crippen molar-refractivity contribution in [1.29, 1.82) is 0 Å². The van der Waals surface area contributed by atoms with Crippen LogP contribution in [-0.2, 0) is 28.6 Å². The molecule has 0 spiro atoms. The third-order valence-electron chi connectivity index (χ3n) is 2.05. The Morgan fingerprint density at radius 1 is 0.864 bits per heavy atom. The predicted octanol–water partition coefficient (Wildman–Crippen LogP) is 0.309. The zero-order valence-corrected chi connectivity index (χ0v) is 12.5. The van der Waals surface area contributed by atoms with E-state index in [2.05, 4.69) is 33.9 Å². The lowest BCUT2D eigenvalue weighted by Crippen LogP contribution is -2.52. The Morgan fingerprint density at radius 2 is 1.18 bits per heavy atom. The van der Waals surface area contributed by atoms with E-state index in [9.17, 15) is 24.6 Å². The summed E-state index contributed by atoms with van der Waals surface area (Å²) >= 11 is 0. The Kier molecular flexibility index (Phi) is 6.69. The first-order valence-corrected chi connectivity index (χ1v) is 5.95. The lowest BCUT2D eigenvalue weighted by Gasteiger charge is -2.30. The van der Waals surface area contributed by atoms with Crippen LogP contribution in [-0.4, -0.2) is 40.4 Å². The van der Waals surface area contributed by atoms with E-state index in [-0.39, 0.29) is 16.7 Å². The topological polar surface area (TPSA) is 119 Å². The predicted molar refractivity (Wildman–Crippen MR) is 73.7 cm³/mol. The highest BCUT2D eigenvalue weighted by molar-refractivity contribution is 5.89. The number of carbonyl (C=O) groups is 3. The van der Waals surface area contributed by atoms with Gasteiger partial charge in [-0.2, -0.15) is 0 Å². The summed E-state index contributed by atoms with van der Waals surface area (Å²) in [6, 6.07) is 0. The van der Waals surface area contributed by atoms with Crippen molar-refractivity contribution in [3.8, 4) is 0 Å². The highest BCUT2D eigenvalue weighted by atomic mass is 16.9. The fourth-order valence-corrected chi connectivity index (χ4v) is 0.838. The van der Waals surface area contributed by atoms with Crippen LogP contribution in [0.5, 0.6) is 0 Å². The van der Waals surface area contributed by atoms with E-state index in [1.54, 1.807) is 0 Å². The molecule has 0 saturated carbocycles. The van der Waals surface area contributed by atoms with Gasteiger partial charge in [0.25, 0.3) is 0 Å². The third-order valence-corrected chi connectivity index (χ3v) is 2.05. The monoisotopic (exact) mass is 314 g/mol. The summed E-state index contributed by atoms with van der Waals surface area (Å²) in [5.74, 6) is -6.76. The van der Waals surface area contributed by atoms with Gasteiger partial charge < -0.3 is 24.4 Å². The maximum absolute atomic E-state index is 11.5. The maximum Gasteiger partial charge on any atom is 0.440 e. The first kappa shape index (κ1) is 19.6. The third kappa shape index (κ3) is 5.51. The Morgan fingerprint density at radius 3 is 1.45 bits per heavy atom. The molecule has 2 N–H and O–H groups in total. The smallest absolute Gasteiger partial charge is 0.421 e. The molecule has 0 aliphatic carbocycles. The van der Waals surface area contributed by atoms with Gasteiger partial charge in [0.1, 0.15) is 0 Å². The largest absolute Gasteiger partial charge is 0.440 e. The summed E-state index contributed by atoms with van der Waals surface area (Å²) in [5, 5.41) is 19.7. The van der Waals surface area contributed by atoms with Crippen molar-refractivity contribution in [2.24, 2.45) is 0 Å². The summed E-state index contributed by atoms with van der Waals surface area (Å²) in [6.07, 6.45) is -2.51. The molecule has 0 aliphatic heterocycles. The lowest BCUT2D eigenvalue weighted by atomic mass is 10.3. The van der Waals surface area contributed by atoms with E-state index in [1.807, 2.05) is 0 Å². The van der Waals surface area contributed by atoms with Crippen molar-refractivity contribution in [3.63, 3.8) is 0 Å². The summed E-state index contributed by atoms with van der Waals surface area (Å²) in [6.45, 7) is 13.5. The molecule has 0 bridgehead atoms. The average molecular weight is 314 g/mol. The van der Waals surface area contributed by atoms with Gasteiger partial charge in [0.15, 0.2) is 0 Å². The molecule has 0 amide bonds. The minimum Gasteiger partial charge on any atom is -0.421 e. The van der Waals surface area contributed by atoms with Crippen LogP contribution >= 0.6 is 0 Å². The van der Waals surface area contributed by atoms with Gasteiger partial charge in [0, 0.05) is 16.7 Å². The Labute approximate surface area is 127 Å². The fraction of sp³-hybridized carbons (Fsp3) is 0.357. The van der Waals surface area contributed by atoms with Crippen LogP contribution in [0.4, 0.5) is 0 Å². The minimum absolute atomic E-state index is 0.112. The Hall–Kier alpha value is -2.45. The summed E-state index contributed by atoms with van der Waals surface area (Å²) in [5.41, 5.74) is -0.440. The molecule has 0 aliphatic rings. The molecular formula is C14H18O8. The van der Waals surface area contributed by atoms with E-state index < -0.39 is 30.2 Å². The van der Waals surface area contributed by atoms with Gasteiger partial charge in [0.2, 0.25) is 0 Å². The van der Waals surface area contributed by atoms with Gasteiger partial charge in [-0.25, -0.2) is 14.4 Å². The van der Waals surface area contributed by atoms with Gasteiger partial charge in [0.05, 0.1) is 0 Å². The SMILES string of the molecule is C=C(C)C(=O)OC(O)C(O)(OC(=O)C(=C)C)OC(=O)C(=C)C. The second-order valence-electron chi connectivity index (χ2n) is 4.51. The number of hydrogen-bond donors (Lipinski definition) is 2. The van der Waals surface area contributed by atoms with E-state index in [4.69, 9.17) is 0 Å². The van der Waals surface area contributed by atoms with E-state index in [0.717, 1.165) is 0 Å². The van der Waals surface area contributed by atoms with Gasteiger partial charge >= 0.3 is 30.2 Å². The van der Waals surface area contributed by atoms with Crippen LogP contribution in [0.25, 0.3) is 0 Å². The summed E-state index contributed by atoms with van der Waals surface area (Å²) in [7, 11) is 0. The molecule has 1 atom stereocenters. The zero-order chi connectivity index (χ0) is 17.7. The molecule has 8 heteroatoms. The molecular weight excluding hydrogens is 296 g/mol. The highest BCUT2D eigenvalue weighted by Crippen LogP contribution is 2.20. The van der Waals surface area contributed by atoms with Crippen molar-refractivity contribution < 1.29 is 38.8 Å². The molecule has 22 heavy (non-hydrogen) atoms. The number of aliphatic hydroxyl groups excluding tert-OH is 1. The Bertz CT molecular complexity index is 503. The number of rotatable bonds is 7. The van der Waals surface area contributed by atoms with Crippen LogP contribution in [0.1, 0.15) is 20.8 Å². The van der Waals surface area contributed by atoms with Gasteiger partial charge in [-0.1, -0.05) is 19.7 Å². The van der Waals surface area contributed by atoms with E-state index in [1.165, 1.54) is 20.8 Å². The lowest BCUT2D eigenvalue weighted by molar-refractivity contribution is -0.395. The molecule has 0 aromatic heterocycles. The molecule has 1 unspecified atom stereocenters. The minimum atomic E-state index is -3.27. The second-order valence-corrected chi connectivity index (χ2v) is 4.51. The van der Waals surface area contributed by atoms with Crippen LogP contribution in [0.3, 0.4) is 0 Å². The molecule has 0 aromatic rings. The fourth-order valence-electron chi connectivity index (χ4n) is 0.838. The summed E-state index contributed by atoms with van der Waals surface area (Å²) in [4.78, 5) is 34.3. The van der Waals surface area contributed by atoms with Crippen LogP contribution in [0, 0.1) is 0 Å². The number of hydrogen-bond acceptors (Lipinski definition) is 8. The second kappa shape index (κ2) is 7.53. The van der Waals surface area contributed by atoms with Crippen LogP contribution in [0.2, 0.25) is 0 Å². The van der Waals surface area contributed by atoms with Gasteiger partial charge in [-0.3, -0.25) is 0 Å². The molecule has 122 valence electrons. The number of esters is 3. The summed E-state index contributed by atoms with van der Waals surface area (Å²) < 4.78 is 13.3. The zero-order valence-electron chi connectivity index (χ0n) is 12.5. The molecule has 0 fully saturated rings. The number of aliphatic hydroxyl groups is 2. The van der Waals surface area contributed by atoms with Crippen molar-refractivity contribution in [1.82, 2.24) is 0 Å². The quantitative estimate of drug-likeness (QED) is 0.391. The van der Waals surface area contributed by atoms with Gasteiger partial charge in [-0.05, 0) is 20.8 Å². The average Bonchev–Trinajstić information content (AvgIpc) is 2.37. The standard InChI is InChI=1S/C14H18O8/c1-7(2)10(15)20-13(18)14(19,21-11(16)8(3)4)22-12(17)9(5)6/h13,18-19H,1,3,5H2,2,4,6H3. The van der Waals surface area contributed by atoms with Crippen molar-refractivity contribution in [2.75, 3.05) is 0 Å². The number of carbonyl (C=O) groups excluding carboxylic acids is 3. The molecule has 0 heterocycles. The van der Waals surface area contributed by atoms with Gasteiger partial charge in [-0.15, -0.1) is 0 Å². The molecule has 8 nitrogen and oxygen atoms in total. The number of ether oxygens (including phenoxy) is 3. The first-order valence-electron chi connectivity index (χ1n) is 5.95. The van der Waals surface area contributed by atoms with Crippen LogP contribution in [0.15, 0.2) is 36.5 Å². The molecule has 0 radical (unpaired) electrons. The first-order chi connectivity index (χ1) is 9.90. The van der Waals surface area contributed by atoms with Crippen molar-refractivity contribution >= 4 is 17.9 Å². The molecule has 0 rings (SSSR count). The van der Waals surface area contributed by atoms with E-state index >= 15 is 0 Å². The van der Waals surface area contributed by atoms with E-state index in [0.29, 0.717) is 0 Å². The highest BCUT2D eigenvalue weighted by Gasteiger charge is 2.48. The molecule has 0 saturated heterocycles. The van der Waals surface area contributed by atoms with Crippen LogP contribution < -0.4 is 0 Å². The Balaban J connectivity index is 5.38. The molecule has 0 aromatic carbocycles. The maximum atomic E-state index is 11.5.